The molecule has 0 unspecified atom stereocenters. The van der Waals surface area contributed by atoms with Gasteiger partial charge in [0.1, 0.15) is 0 Å². The van der Waals surface area contributed by atoms with Crippen molar-refractivity contribution in [3.05, 3.63) is 90.0 Å². The second kappa shape index (κ2) is 5.21. The average molecular weight is 310 g/mol. The van der Waals surface area contributed by atoms with Crippen molar-refractivity contribution in [1.29, 1.82) is 0 Å². The SMILES string of the molecule is C=C/C=C1\C(=C/C)C(C)(C)c2ccc3c(ccc4ccccc43)c21. The van der Waals surface area contributed by atoms with Crippen LogP contribution in [-0.2, 0) is 5.41 Å². The normalized spacial score (nSPS) is 19.3. The summed E-state index contributed by atoms with van der Waals surface area (Å²) in [6.45, 7) is 10.7. The molecule has 1 aliphatic rings. The van der Waals surface area contributed by atoms with Crippen LogP contribution in [0.2, 0.25) is 0 Å². The lowest BCUT2D eigenvalue weighted by Gasteiger charge is -2.21. The third kappa shape index (κ3) is 1.86. The molecule has 0 heterocycles. The van der Waals surface area contributed by atoms with Gasteiger partial charge >= 0.3 is 0 Å². The molecule has 0 saturated carbocycles. The Hall–Kier alpha value is -2.60. The van der Waals surface area contributed by atoms with E-state index in [1.54, 1.807) is 0 Å². The Morgan fingerprint density at radius 1 is 0.875 bits per heavy atom. The van der Waals surface area contributed by atoms with Gasteiger partial charge < -0.3 is 0 Å². The van der Waals surface area contributed by atoms with Crippen LogP contribution in [0.25, 0.3) is 27.1 Å². The summed E-state index contributed by atoms with van der Waals surface area (Å²) >= 11 is 0. The summed E-state index contributed by atoms with van der Waals surface area (Å²) < 4.78 is 0. The molecule has 0 N–H and O–H groups in total. The van der Waals surface area contributed by atoms with Crippen LogP contribution in [0.4, 0.5) is 0 Å². The van der Waals surface area contributed by atoms with Gasteiger partial charge in [0.25, 0.3) is 0 Å². The van der Waals surface area contributed by atoms with Crippen LogP contribution in [0.15, 0.2) is 78.9 Å². The number of rotatable bonds is 1. The number of hydrogen-bond acceptors (Lipinski definition) is 0. The zero-order chi connectivity index (χ0) is 16.9. The number of fused-ring (bicyclic) bond motifs is 5. The lowest BCUT2D eigenvalue weighted by atomic mass is 9.82. The Bertz CT molecular complexity index is 1040. The van der Waals surface area contributed by atoms with Crippen LogP contribution in [0.3, 0.4) is 0 Å². The predicted molar refractivity (Wildman–Crippen MR) is 106 cm³/mol. The molecule has 4 rings (SSSR count). The maximum atomic E-state index is 3.94. The third-order valence-electron chi connectivity index (χ3n) is 5.41. The molecule has 0 spiro atoms. The molecule has 3 aromatic carbocycles. The molecular weight excluding hydrogens is 288 g/mol. The van der Waals surface area contributed by atoms with Gasteiger partial charge in [0.05, 0.1) is 0 Å². The topological polar surface area (TPSA) is 0 Å². The Morgan fingerprint density at radius 2 is 1.62 bits per heavy atom. The van der Waals surface area contributed by atoms with Gasteiger partial charge in [0, 0.05) is 5.41 Å². The summed E-state index contributed by atoms with van der Waals surface area (Å²) in [6, 6.07) is 17.8. The van der Waals surface area contributed by atoms with E-state index in [-0.39, 0.29) is 5.41 Å². The van der Waals surface area contributed by atoms with E-state index in [0.29, 0.717) is 0 Å². The van der Waals surface area contributed by atoms with Crippen molar-refractivity contribution in [2.45, 2.75) is 26.2 Å². The number of allylic oxidation sites excluding steroid dienone is 5. The van der Waals surface area contributed by atoms with Crippen molar-refractivity contribution in [3.8, 4) is 0 Å². The lowest BCUT2D eigenvalue weighted by molar-refractivity contribution is 0.660. The highest BCUT2D eigenvalue weighted by Gasteiger charge is 2.38. The second-order valence-corrected chi connectivity index (χ2v) is 7.01. The fourth-order valence-corrected chi connectivity index (χ4v) is 4.32. The van der Waals surface area contributed by atoms with E-state index in [0.717, 1.165) is 0 Å². The molecule has 3 aromatic rings. The fraction of sp³-hybridized carbons (Fsp3) is 0.167. The van der Waals surface area contributed by atoms with Gasteiger partial charge in [-0.3, -0.25) is 0 Å². The van der Waals surface area contributed by atoms with E-state index in [1.807, 2.05) is 6.08 Å². The van der Waals surface area contributed by atoms with E-state index >= 15 is 0 Å². The highest BCUT2D eigenvalue weighted by atomic mass is 14.4. The minimum atomic E-state index is 0.0265. The monoisotopic (exact) mass is 310 g/mol. The van der Waals surface area contributed by atoms with Crippen molar-refractivity contribution in [3.63, 3.8) is 0 Å². The van der Waals surface area contributed by atoms with Crippen molar-refractivity contribution >= 4 is 27.1 Å². The van der Waals surface area contributed by atoms with Gasteiger partial charge in [-0.25, -0.2) is 0 Å². The van der Waals surface area contributed by atoms with E-state index in [2.05, 4.69) is 88.0 Å². The van der Waals surface area contributed by atoms with E-state index in [1.165, 1.54) is 43.8 Å². The summed E-state index contributed by atoms with van der Waals surface area (Å²) in [5.74, 6) is 0. The van der Waals surface area contributed by atoms with Crippen molar-refractivity contribution in [1.82, 2.24) is 0 Å². The quantitative estimate of drug-likeness (QED) is 0.433. The first-order chi connectivity index (χ1) is 11.6. The van der Waals surface area contributed by atoms with E-state index in [9.17, 15) is 0 Å². The highest BCUT2D eigenvalue weighted by molar-refractivity contribution is 6.13. The molecule has 0 aliphatic heterocycles. The summed E-state index contributed by atoms with van der Waals surface area (Å²) in [4.78, 5) is 0. The Morgan fingerprint density at radius 3 is 2.38 bits per heavy atom. The van der Waals surface area contributed by atoms with Crippen LogP contribution in [0.1, 0.15) is 31.9 Å². The smallest absolute Gasteiger partial charge is 0.0155 e. The van der Waals surface area contributed by atoms with E-state index < -0.39 is 0 Å². The summed E-state index contributed by atoms with van der Waals surface area (Å²) in [7, 11) is 0. The molecule has 0 heteroatoms. The van der Waals surface area contributed by atoms with Crippen molar-refractivity contribution < 1.29 is 0 Å². The van der Waals surface area contributed by atoms with Crippen molar-refractivity contribution in [2.75, 3.05) is 0 Å². The minimum Gasteiger partial charge on any atom is -0.0990 e. The maximum absolute atomic E-state index is 3.94. The predicted octanol–water partition coefficient (Wildman–Crippen LogP) is 6.80. The zero-order valence-electron chi connectivity index (χ0n) is 14.6. The molecular formula is C24H22. The zero-order valence-corrected chi connectivity index (χ0v) is 14.6. The number of hydrogen-bond donors (Lipinski definition) is 0. The van der Waals surface area contributed by atoms with E-state index in [4.69, 9.17) is 0 Å². The molecule has 1 aliphatic carbocycles. The maximum Gasteiger partial charge on any atom is 0.0155 e. The Labute approximate surface area is 143 Å². The first-order valence-corrected chi connectivity index (χ1v) is 8.54. The fourth-order valence-electron chi connectivity index (χ4n) is 4.32. The molecule has 0 bridgehead atoms. The lowest BCUT2D eigenvalue weighted by Crippen LogP contribution is -2.14. The largest absolute Gasteiger partial charge is 0.0990 e. The van der Waals surface area contributed by atoms with Crippen LogP contribution in [0, 0.1) is 0 Å². The molecule has 0 atom stereocenters. The van der Waals surface area contributed by atoms with Gasteiger partial charge in [-0.1, -0.05) is 87.2 Å². The minimum absolute atomic E-state index is 0.0265. The van der Waals surface area contributed by atoms with Crippen LogP contribution in [0.5, 0.6) is 0 Å². The second-order valence-electron chi connectivity index (χ2n) is 7.01. The molecule has 0 fully saturated rings. The molecule has 0 radical (unpaired) electrons. The van der Waals surface area contributed by atoms with Crippen LogP contribution in [-0.4, -0.2) is 0 Å². The first-order valence-electron chi connectivity index (χ1n) is 8.54. The summed E-state index contributed by atoms with van der Waals surface area (Å²) in [6.07, 6.45) is 6.32. The summed E-state index contributed by atoms with van der Waals surface area (Å²) in [5.41, 5.74) is 5.51. The average Bonchev–Trinajstić information content (AvgIpc) is 2.81. The van der Waals surface area contributed by atoms with Crippen LogP contribution < -0.4 is 0 Å². The van der Waals surface area contributed by atoms with Crippen molar-refractivity contribution in [2.24, 2.45) is 0 Å². The Kier molecular flexibility index (Phi) is 3.25. The third-order valence-corrected chi connectivity index (χ3v) is 5.41. The van der Waals surface area contributed by atoms with Gasteiger partial charge in [-0.15, -0.1) is 0 Å². The molecule has 0 saturated heterocycles. The Balaban J connectivity index is 2.19. The molecule has 118 valence electrons. The number of benzene rings is 3. The van der Waals surface area contributed by atoms with Gasteiger partial charge in [-0.05, 0) is 50.7 Å². The van der Waals surface area contributed by atoms with Crippen LogP contribution >= 0.6 is 0 Å². The summed E-state index contributed by atoms with van der Waals surface area (Å²) in [5, 5.41) is 5.28. The first kappa shape index (κ1) is 15.0. The highest BCUT2D eigenvalue weighted by Crippen LogP contribution is 2.52. The van der Waals surface area contributed by atoms with Gasteiger partial charge in [0.15, 0.2) is 0 Å². The molecule has 24 heavy (non-hydrogen) atoms. The molecule has 0 aromatic heterocycles. The van der Waals surface area contributed by atoms with Gasteiger partial charge in [-0.2, -0.15) is 0 Å². The van der Waals surface area contributed by atoms with Gasteiger partial charge in [0.2, 0.25) is 0 Å². The standard InChI is InChI=1S/C24H22/c1-5-9-20-21(6-2)24(3,4)22-15-14-18-17-11-8-7-10-16(17)12-13-19(18)23(20)22/h5-15H,1H2,2-4H3/b20-9+,21-6+. The molecule has 0 amide bonds. The molecule has 0 nitrogen and oxygen atoms in total.